The van der Waals surface area contributed by atoms with E-state index in [-0.39, 0.29) is 60.2 Å². The van der Waals surface area contributed by atoms with E-state index in [4.69, 9.17) is 4.98 Å². The summed E-state index contributed by atoms with van der Waals surface area (Å²) in [5.41, 5.74) is 8.85. The number of pyridine rings is 1. The van der Waals surface area contributed by atoms with E-state index in [9.17, 15) is 0 Å². The minimum Gasteiger partial charge on any atom is -0.358 e. The number of hydrogen-bond donors (Lipinski definition) is 0. The molecule has 2 aromatic heterocycles. The molecule has 0 N–H and O–H groups in total. The van der Waals surface area contributed by atoms with Crippen LogP contribution in [0.3, 0.4) is 0 Å². The largest absolute Gasteiger partial charge is 0.358 e. The minimum atomic E-state index is 0. The van der Waals surface area contributed by atoms with E-state index in [1.54, 1.807) is 0 Å². The smallest absolute Gasteiger partial charge is 0.0639 e. The second-order valence-corrected chi connectivity index (χ2v) is 10.3. The predicted octanol–water partition coefficient (Wildman–Crippen LogP) is 9.00. The summed E-state index contributed by atoms with van der Waals surface area (Å²) < 4.78 is 2.38. The van der Waals surface area contributed by atoms with E-state index < -0.39 is 0 Å². The summed E-state index contributed by atoms with van der Waals surface area (Å²) in [6.45, 7) is 13.7. The van der Waals surface area contributed by atoms with Crippen LogP contribution in [0.4, 0.5) is 0 Å². The van der Waals surface area contributed by atoms with Gasteiger partial charge in [0.1, 0.15) is 0 Å². The molecule has 0 bridgehead atoms. The second kappa shape index (κ2) is 12.4. The number of hydrogen-bond acceptors (Lipinski definition) is 1. The molecule has 0 saturated heterocycles. The van der Waals surface area contributed by atoms with Crippen LogP contribution >= 0.6 is 0 Å². The standard InChI is InChI=1S/C31H33N2.CH3.Ir.Y/c1-19(2)16-22-14-15-28-27(17-22)25-10-7-8-11-26(25)31-32-18-29(33(28)31)30-23(20(3)4)12-9-13-24(30)21(5)6;;;/h7-10,12-15,17-21H,16H2,1-6H3;1H3;;/q2*-1;;. The number of rotatable bonds is 5. The van der Waals surface area contributed by atoms with E-state index in [2.05, 4.69) is 107 Å². The van der Waals surface area contributed by atoms with Crippen molar-refractivity contribution in [3.63, 3.8) is 0 Å². The zero-order chi connectivity index (χ0) is 23.3. The van der Waals surface area contributed by atoms with Crippen molar-refractivity contribution in [2.45, 2.75) is 59.8 Å². The molecule has 0 atom stereocenters. The monoisotopic (exact) mass is 730 g/mol. The van der Waals surface area contributed by atoms with E-state index in [0.29, 0.717) is 17.8 Å². The average Bonchev–Trinajstić information content (AvgIpc) is 3.23. The number of imidazole rings is 1. The molecular weight excluding hydrogens is 693 g/mol. The summed E-state index contributed by atoms with van der Waals surface area (Å²) >= 11 is 0. The van der Waals surface area contributed by atoms with Gasteiger partial charge in [-0.3, -0.25) is 4.98 Å². The molecule has 2 nitrogen and oxygen atoms in total. The van der Waals surface area contributed by atoms with E-state index in [1.807, 2.05) is 6.07 Å². The Kier molecular flexibility index (Phi) is 10.7. The molecule has 5 aromatic rings. The van der Waals surface area contributed by atoms with E-state index in [0.717, 1.165) is 17.5 Å². The van der Waals surface area contributed by atoms with Gasteiger partial charge in [0.25, 0.3) is 0 Å². The van der Waals surface area contributed by atoms with Gasteiger partial charge in [0, 0.05) is 70.1 Å². The van der Waals surface area contributed by atoms with E-state index in [1.165, 1.54) is 44.2 Å². The zero-order valence-electron chi connectivity index (χ0n) is 22.5. The molecule has 0 amide bonds. The van der Waals surface area contributed by atoms with Crippen LogP contribution < -0.4 is 0 Å². The predicted molar refractivity (Wildman–Crippen MR) is 148 cm³/mol. The Bertz CT molecular complexity index is 1450. The number of nitrogens with zero attached hydrogens (tertiary/aromatic N) is 2. The van der Waals surface area contributed by atoms with Gasteiger partial charge in [-0.25, -0.2) is 0 Å². The molecule has 0 aliphatic carbocycles. The quantitative estimate of drug-likeness (QED) is 0.131. The Morgan fingerprint density at radius 3 is 2.14 bits per heavy atom. The Labute approximate surface area is 255 Å². The molecule has 0 aliphatic heterocycles. The summed E-state index contributed by atoms with van der Waals surface area (Å²) in [7, 11) is 0. The van der Waals surface area contributed by atoms with Crippen molar-refractivity contribution in [1.29, 1.82) is 0 Å². The molecule has 4 heteroatoms. The van der Waals surface area contributed by atoms with E-state index >= 15 is 0 Å². The molecule has 0 saturated carbocycles. The van der Waals surface area contributed by atoms with Crippen molar-refractivity contribution in [2.75, 3.05) is 0 Å². The maximum atomic E-state index is 4.98. The fraction of sp³-hybridized carbons (Fsp3) is 0.312. The van der Waals surface area contributed by atoms with Crippen molar-refractivity contribution in [3.05, 3.63) is 91.0 Å². The van der Waals surface area contributed by atoms with Crippen LogP contribution in [0.15, 0.2) is 60.8 Å². The number of benzene rings is 3. The topological polar surface area (TPSA) is 17.3 Å². The van der Waals surface area contributed by atoms with Gasteiger partial charge in [0.2, 0.25) is 0 Å². The van der Waals surface area contributed by atoms with Crippen molar-refractivity contribution in [3.8, 4) is 11.3 Å². The minimum absolute atomic E-state index is 0. The van der Waals surface area contributed by atoms with Crippen LogP contribution in [0.5, 0.6) is 0 Å². The number of aromatic nitrogens is 2. The molecule has 5 rings (SSSR count). The van der Waals surface area contributed by atoms with Gasteiger partial charge in [-0.1, -0.05) is 77.3 Å². The summed E-state index contributed by atoms with van der Waals surface area (Å²) in [6.07, 6.45) is 3.15. The van der Waals surface area contributed by atoms with Crippen molar-refractivity contribution < 1.29 is 52.8 Å². The maximum absolute atomic E-state index is 4.98. The average molecular weight is 730 g/mol. The zero-order valence-corrected chi connectivity index (χ0v) is 27.8. The van der Waals surface area contributed by atoms with Crippen molar-refractivity contribution >= 4 is 27.3 Å². The molecule has 3 aromatic carbocycles. The van der Waals surface area contributed by atoms with Crippen LogP contribution in [0, 0.1) is 19.4 Å². The van der Waals surface area contributed by atoms with Gasteiger partial charge in [-0.2, -0.15) is 0 Å². The fourth-order valence-corrected chi connectivity index (χ4v) is 5.23. The molecule has 2 radical (unpaired) electrons. The first-order chi connectivity index (χ1) is 15.9. The first kappa shape index (κ1) is 30.8. The fourth-order valence-electron chi connectivity index (χ4n) is 5.23. The van der Waals surface area contributed by atoms with Crippen molar-refractivity contribution in [1.82, 2.24) is 9.38 Å². The van der Waals surface area contributed by atoms with Gasteiger partial charge in [-0.05, 0) is 52.3 Å². The van der Waals surface area contributed by atoms with Gasteiger partial charge >= 0.3 is 0 Å². The Hall–Kier alpha value is -1.38. The molecule has 0 aliphatic rings. The van der Waals surface area contributed by atoms with Crippen LogP contribution in [-0.4, -0.2) is 9.38 Å². The summed E-state index contributed by atoms with van der Waals surface area (Å²) in [5.74, 6) is 1.49. The van der Waals surface area contributed by atoms with Crippen LogP contribution in [0.1, 0.15) is 70.1 Å². The third-order valence-electron chi connectivity index (χ3n) is 6.71. The van der Waals surface area contributed by atoms with Gasteiger partial charge in [0.05, 0.1) is 11.3 Å². The van der Waals surface area contributed by atoms with Crippen LogP contribution in [0.2, 0.25) is 0 Å². The molecular formula is C32H36IrN2Y-2. The summed E-state index contributed by atoms with van der Waals surface area (Å²) in [6, 6.07) is 23.5. The first-order valence-corrected chi connectivity index (χ1v) is 12.2. The SMILES string of the molecule is CC(C)Cc1ccc2c(c1)c1ccc[c-]c1c1ncc(-c3c(C(C)C)cccc3C(C)C)n21.[CH3-].[Ir].[Y]. The van der Waals surface area contributed by atoms with Crippen molar-refractivity contribution in [2.24, 2.45) is 5.92 Å². The van der Waals surface area contributed by atoms with Gasteiger partial charge in [-0.15, -0.1) is 29.7 Å². The normalized spacial score (nSPS) is 11.2. The molecule has 0 spiro atoms. The summed E-state index contributed by atoms with van der Waals surface area (Å²) in [5, 5.41) is 3.59. The Morgan fingerprint density at radius 1 is 0.861 bits per heavy atom. The molecule has 0 unspecified atom stereocenters. The van der Waals surface area contributed by atoms with Gasteiger partial charge < -0.3 is 11.8 Å². The third-order valence-corrected chi connectivity index (χ3v) is 6.71. The first-order valence-electron chi connectivity index (χ1n) is 12.2. The molecule has 188 valence electrons. The summed E-state index contributed by atoms with van der Waals surface area (Å²) in [4.78, 5) is 4.98. The van der Waals surface area contributed by atoms with Gasteiger partial charge in [0.15, 0.2) is 0 Å². The Morgan fingerprint density at radius 2 is 1.53 bits per heavy atom. The van der Waals surface area contributed by atoms with Crippen LogP contribution in [0.25, 0.3) is 38.6 Å². The molecule has 36 heavy (non-hydrogen) atoms. The maximum Gasteiger partial charge on any atom is 0.0639 e. The molecule has 0 fully saturated rings. The molecule has 2 heterocycles. The Balaban J connectivity index is 0.00000152. The third kappa shape index (κ3) is 5.41. The number of fused-ring (bicyclic) bond motifs is 6. The second-order valence-electron chi connectivity index (χ2n) is 10.3. The van der Waals surface area contributed by atoms with Crippen LogP contribution in [-0.2, 0) is 59.2 Å².